The van der Waals surface area contributed by atoms with Crippen LogP contribution in [0.4, 0.5) is 9.59 Å². The normalized spacial score (nSPS) is 13.7. The van der Waals surface area contributed by atoms with E-state index in [0.29, 0.717) is 36.7 Å². The number of hydrogen-bond acceptors (Lipinski definition) is 10. The van der Waals surface area contributed by atoms with Crippen molar-refractivity contribution < 1.29 is 48.0 Å². The molecular weight excluding hydrogens is 534 g/mol. The van der Waals surface area contributed by atoms with Gasteiger partial charge in [-0.1, -0.05) is 40.7 Å². The molecule has 0 bridgehead atoms. The van der Waals surface area contributed by atoms with Crippen LogP contribution in [0, 0.1) is 17.3 Å². The van der Waals surface area contributed by atoms with Crippen LogP contribution >= 0.6 is 0 Å². The lowest BCUT2D eigenvalue weighted by atomic mass is 9.95. The molecule has 0 saturated heterocycles. The number of carbonyl (C=O) groups excluding carboxylic acids is 3. The Hall–Kier alpha value is -3.34. The zero-order chi connectivity index (χ0) is 31.4. The first-order chi connectivity index (χ1) is 19.0. The Morgan fingerprint density at radius 3 is 1.80 bits per heavy atom. The molecule has 11 heteroatoms. The monoisotopic (exact) mass is 581 g/mol. The lowest BCUT2D eigenvalue weighted by Gasteiger charge is -2.35. The van der Waals surface area contributed by atoms with Crippen molar-refractivity contribution in [3.63, 3.8) is 0 Å². The second-order valence-electron chi connectivity index (χ2n) is 11.9. The summed E-state index contributed by atoms with van der Waals surface area (Å²) >= 11 is 0. The molecule has 0 amide bonds. The van der Waals surface area contributed by atoms with Crippen molar-refractivity contribution in [2.24, 2.45) is 17.3 Å². The van der Waals surface area contributed by atoms with Crippen molar-refractivity contribution in [3.05, 3.63) is 23.8 Å². The molecule has 2 N–H and O–H groups in total. The fourth-order valence-electron chi connectivity index (χ4n) is 3.22. The average Bonchev–Trinajstić information content (AvgIpc) is 2.84. The van der Waals surface area contributed by atoms with Gasteiger partial charge in [-0.25, -0.2) is 14.4 Å². The smallest absolute Gasteiger partial charge is 0.477 e. The first-order valence-corrected chi connectivity index (χ1v) is 14.1. The average molecular weight is 582 g/mol. The van der Waals surface area contributed by atoms with Crippen LogP contribution in [0.3, 0.4) is 0 Å². The van der Waals surface area contributed by atoms with E-state index in [2.05, 4.69) is 5.32 Å². The molecule has 11 nitrogen and oxygen atoms in total. The third-order valence-corrected chi connectivity index (χ3v) is 5.99. The minimum Gasteiger partial charge on any atom is -0.477 e. The standard InChI is InChI=1S/C30H47NO10/c1-10-21(6)31-30(25(32)33,41-26(34)29(7,8)9)18-22-11-12-23(39-27(35)37-15-13-19(2)3)24(17-22)40-28(36)38-16-14-20(4)5/h11-12,17,19-21,31H,10,13-16,18H2,1-9H3,(H,32,33)/t21?,30-/m0/s1. The van der Waals surface area contributed by atoms with Gasteiger partial charge in [0.1, 0.15) is 0 Å². The first-order valence-electron chi connectivity index (χ1n) is 14.1. The zero-order valence-corrected chi connectivity index (χ0v) is 25.8. The van der Waals surface area contributed by atoms with E-state index < -0.39 is 35.4 Å². The molecule has 1 aromatic rings. The SMILES string of the molecule is CCC(C)N[C@@](Cc1ccc(OC(=O)OCCC(C)C)c(OC(=O)OCCC(C)C)c1)(OC(=O)C(C)(C)C)C(=O)O. The molecule has 0 aromatic heterocycles. The number of nitrogens with one attached hydrogen (secondary N) is 1. The Kier molecular flexibility index (Phi) is 14.1. The molecule has 1 unspecified atom stereocenters. The summed E-state index contributed by atoms with van der Waals surface area (Å²) < 4.78 is 26.5. The number of carboxylic acids is 1. The summed E-state index contributed by atoms with van der Waals surface area (Å²) in [5.74, 6) is -1.84. The second kappa shape index (κ2) is 16.2. The van der Waals surface area contributed by atoms with E-state index in [4.69, 9.17) is 23.7 Å². The van der Waals surface area contributed by atoms with Crippen molar-refractivity contribution in [2.75, 3.05) is 13.2 Å². The summed E-state index contributed by atoms with van der Waals surface area (Å²) in [6.45, 7) is 16.7. The molecule has 0 aliphatic carbocycles. The van der Waals surface area contributed by atoms with Crippen LogP contribution in [-0.4, -0.2) is 54.3 Å². The minimum absolute atomic E-state index is 0.118. The summed E-state index contributed by atoms with van der Waals surface area (Å²) in [5, 5.41) is 13.2. The number of benzene rings is 1. The molecule has 232 valence electrons. The summed E-state index contributed by atoms with van der Waals surface area (Å²) in [4.78, 5) is 50.2. The summed E-state index contributed by atoms with van der Waals surface area (Å²) in [6.07, 6.45) is -0.539. The van der Waals surface area contributed by atoms with Gasteiger partial charge < -0.3 is 28.8 Å². The number of hydrogen-bond donors (Lipinski definition) is 2. The Balaban J connectivity index is 3.40. The third-order valence-electron chi connectivity index (χ3n) is 5.99. The van der Waals surface area contributed by atoms with Crippen LogP contribution in [0.2, 0.25) is 0 Å². The van der Waals surface area contributed by atoms with Crippen LogP contribution in [0.1, 0.15) is 87.1 Å². The van der Waals surface area contributed by atoms with E-state index in [-0.39, 0.29) is 37.2 Å². The largest absolute Gasteiger partial charge is 0.513 e. The Labute approximate surface area is 243 Å². The maximum atomic E-state index is 12.8. The van der Waals surface area contributed by atoms with Gasteiger partial charge in [-0.2, -0.15) is 0 Å². The highest BCUT2D eigenvalue weighted by Gasteiger charge is 2.46. The molecule has 0 aliphatic rings. The van der Waals surface area contributed by atoms with Crippen molar-refractivity contribution >= 4 is 24.2 Å². The highest BCUT2D eigenvalue weighted by molar-refractivity contribution is 5.84. The van der Waals surface area contributed by atoms with Crippen LogP contribution in [0.25, 0.3) is 0 Å². The van der Waals surface area contributed by atoms with E-state index in [0.717, 1.165) is 0 Å². The molecule has 0 radical (unpaired) electrons. The fourth-order valence-corrected chi connectivity index (χ4v) is 3.22. The molecule has 2 atom stereocenters. The molecule has 1 aromatic carbocycles. The maximum absolute atomic E-state index is 12.8. The number of carbonyl (C=O) groups is 4. The van der Waals surface area contributed by atoms with E-state index >= 15 is 0 Å². The van der Waals surface area contributed by atoms with Gasteiger partial charge >= 0.3 is 24.2 Å². The quantitative estimate of drug-likeness (QED) is 0.107. The predicted molar refractivity (Wildman–Crippen MR) is 152 cm³/mol. The summed E-state index contributed by atoms with van der Waals surface area (Å²) in [5.41, 5.74) is -2.79. The maximum Gasteiger partial charge on any atom is 0.513 e. The van der Waals surface area contributed by atoms with Crippen LogP contribution in [0.5, 0.6) is 11.5 Å². The number of ether oxygens (including phenoxy) is 5. The molecule has 1 rings (SSSR count). The van der Waals surface area contributed by atoms with E-state index in [9.17, 15) is 24.3 Å². The van der Waals surface area contributed by atoms with Gasteiger partial charge in [0.15, 0.2) is 11.5 Å². The number of aliphatic carboxylic acids is 1. The van der Waals surface area contributed by atoms with Crippen LogP contribution in [0.15, 0.2) is 18.2 Å². The topological polar surface area (TPSA) is 147 Å². The predicted octanol–water partition coefficient (Wildman–Crippen LogP) is 6.11. The van der Waals surface area contributed by atoms with Gasteiger partial charge in [0.05, 0.1) is 18.6 Å². The first kappa shape index (κ1) is 35.7. The van der Waals surface area contributed by atoms with Gasteiger partial charge in [0.2, 0.25) is 0 Å². The molecule has 0 heterocycles. The third kappa shape index (κ3) is 12.8. The molecular formula is C30H47NO10. The minimum atomic E-state index is -2.13. The van der Waals surface area contributed by atoms with Gasteiger partial charge in [-0.05, 0) is 76.5 Å². The highest BCUT2D eigenvalue weighted by Crippen LogP contribution is 2.32. The second-order valence-corrected chi connectivity index (χ2v) is 11.9. The molecule has 0 aliphatic heterocycles. The number of esters is 1. The number of rotatable bonds is 15. The van der Waals surface area contributed by atoms with Crippen molar-refractivity contribution in [2.45, 2.75) is 99.8 Å². The van der Waals surface area contributed by atoms with Crippen molar-refractivity contribution in [1.29, 1.82) is 0 Å². The molecule has 41 heavy (non-hydrogen) atoms. The molecule has 0 spiro atoms. The van der Waals surface area contributed by atoms with Gasteiger partial charge in [-0.15, -0.1) is 0 Å². The van der Waals surface area contributed by atoms with Crippen molar-refractivity contribution in [1.82, 2.24) is 5.32 Å². The number of carboxylic acid groups (broad SMARTS) is 1. The van der Waals surface area contributed by atoms with E-state index in [1.165, 1.54) is 18.2 Å². The summed E-state index contributed by atoms with van der Waals surface area (Å²) in [6, 6.07) is 3.83. The zero-order valence-electron chi connectivity index (χ0n) is 25.8. The Morgan fingerprint density at radius 1 is 0.854 bits per heavy atom. The lowest BCUT2D eigenvalue weighted by molar-refractivity contribution is -0.190. The van der Waals surface area contributed by atoms with Gasteiger partial charge in [0, 0.05) is 12.5 Å². The summed E-state index contributed by atoms with van der Waals surface area (Å²) in [7, 11) is 0. The van der Waals surface area contributed by atoms with E-state index in [1.54, 1.807) is 27.7 Å². The fraction of sp³-hybridized carbons (Fsp3) is 0.667. The van der Waals surface area contributed by atoms with Gasteiger partial charge in [0.25, 0.3) is 5.72 Å². The Morgan fingerprint density at radius 2 is 1.37 bits per heavy atom. The lowest BCUT2D eigenvalue weighted by Crippen LogP contribution is -2.60. The van der Waals surface area contributed by atoms with E-state index in [1.807, 2.05) is 34.6 Å². The highest BCUT2D eigenvalue weighted by atomic mass is 16.7. The molecule has 0 saturated carbocycles. The van der Waals surface area contributed by atoms with Gasteiger partial charge in [-0.3, -0.25) is 10.1 Å². The Bertz CT molecular complexity index is 1030. The van der Waals surface area contributed by atoms with Crippen molar-refractivity contribution in [3.8, 4) is 11.5 Å². The van der Waals surface area contributed by atoms with Crippen LogP contribution in [-0.2, 0) is 30.2 Å². The van der Waals surface area contributed by atoms with Crippen LogP contribution < -0.4 is 14.8 Å². The molecule has 0 fully saturated rings.